The minimum Gasteiger partial charge on any atom is -0.284 e. The molecule has 0 radical (unpaired) electrons. The number of hydrazine groups is 1. The molecule has 0 aliphatic carbocycles. The van der Waals surface area contributed by atoms with Crippen LogP contribution < -0.4 is 10.4 Å². The molecule has 0 amide bonds. The van der Waals surface area contributed by atoms with E-state index in [9.17, 15) is 0 Å². The molecule has 80 valence electrons. The number of aromatic nitrogens is 1. The van der Waals surface area contributed by atoms with Gasteiger partial charge in [-0.1, -0.05) is 13.8 Å². The standard InChI is InChI=1S/C12H17N3/c1-9(2)12-5-7-15(14-12)11-4-6-13-10(3)8-11/h4-9,12,14H,1-3H3. The molecule has 1 unspecified atom stereocenters. The molecule has 1 aliphatic rings. The van der Waals surface area contributed by atoms with Crippen molar-refractivity contribution in [3.05, 3.63) is 36.3 Å². The number of rotatable bonds is 2. The number of nitrogens with zero attached hydrogens (tertiary/aromatic N) is 2. The number of hydrogen-bond donors (Lipinski definition) is 1. The Morgan fingerprint density at radius 3 is 2.87 bits per heavy atom. The minimum atomic E-state index is 0.429. The summed E-state index contributed by atoms with van der Waals surface area (Å²) < 4.78 is 0. The highest BCUT2D eigenvalue weighted by molar-refractivity contribution is 5.49. The number of nitrogens with one attached hydrogen (secondary N) is 1. The maximum atomic E-state index is 4.19. The molecule has 0 saturated heterocycles. The highest BCUT2D eigenvalue weighted by Gasteiger charge is 2.18. The van der Waals surface area contributed by atoms with Gasteiger partial charge in [0.15, 0.2) is 0 Å². The van der Waals surface area contributed by atoms with E-state index in [1.807, 2.05) is 19.2 Å². The van der Waals surface area contributed by atoms with Gasteiger partial charge in [-0.15, -0.1) is 0 Å². The first-order chi connectivity index (χ1) is 7.16. The zero-order chi connectivity index (χ0) is 10.8. The zero-order valence-electron chi connectivity index (χ0n) is 9.44. The van der Waals surface area contributed by atoms with Gasteiger partial charge in [-0.3, -0.25) is 9.99 Å². The minimum absolute atomic E-state index is 0.429. The second kappa shape index (κ2) is 4.03. The molecule has 1 atom stereocenters. The molecule has 0 bridgehead atoms. The van der Waals surface area contributed by atoms with Gasteiger partial charge in [0.1, 0.15) is 0 Å². The lowest BCUT2D eigenvalue weighted by Gasteiger charge is -2.21. The van der Waals surface area contributed by atoms with Crippen molar-refractivity contribution in [3.63, 3.8) is 0 Å². The van der Waals surface area contributed by atoms with Crippen molar-refractivity contribution in [1.82, 2.24) is 10.4 Å². The third-order valence-corrected chi connectivity index (χ3v) is 2.61. The van der Waals surface area contributed by atoms with Crippen molar-refractivity contribution in [1.29, 1.82) is 0 Å². The van der Waals surface area contributed by atoms with E-state index in [1.54, 1.807) is 0 Å². The Morgan fingerprint density at radius 2 is 2.27 bits per heavy atom. The van der Waals surface area contributed by atoms with E-state index in [1.165, 1.54) is 0 Å². The highest BCUT2D eigenvalue weighted by Crippen LogP contribution is 2.18. The molecule has 15 heavy (non-hydrogen) atoms. The van der Waals surface area contributed by atoms with E-state index in [0.29, 0.717) is 12.0 Å². The molecule has 0 fully saturated rings. The van der Waals surface area contributed by atoms with Crippen LogP contribution in [-0.2, 0) is 0 Å². The molecule has 3 heteroatoms. The lowest BCUT2D eigenvalue weighted by Crippen LogP contribution is -2.38. The van der Waals surface area contributed by atoms with Gasteiger partial charge in [0.25, 0.3) is 0 Å². The van der Waals surface area contributed by atoms with Gasteiger partial charge in [0.2, 0.25) is 0 Å². The summed E-state index contributed by atoms with van der Waals surface area (Å²) in [6.45, 7) is 6.43. The summed E-state index contributed by atoms with van der Waals surface area (Å²) in [5, 5.41) is 2.05. The van der Waals surface area contributed by atoms with E-state index < -0.39 is 0 Å². The molecule has 0 spiro atoms. The Balaban J connectivity index is 2.12. The molecular formula is C12H17N3. The van der Waals surface area contributed by atoms with Gasteiger partial charge in [0, 0.05) is 24.1 Å². The van der Waals surface area contributed by atoms with Crippen LogP contribution in [0.15, 0.2) is 30.6 Å². The molecule has 1 aromatic rings. The van der Waals surface area contributed by atoms with Crippen molar-refractivity contribution in [3.8, 4) is 0 Å². The summed E-state index contributed by atoms with van der Waals surface area (Å²) >= 11 is 0. The van der Waals surface area contributed by atoms with Gasteiger partial charge in [0.05, 0.1) is 5.69 Å². The number of pyridine rings is 1. The van der Waals surface area contributed by atoms with Crippen LogP contribution >= 0.6 is 0 Å². The van der Waals surface area contributed by atoms with Crippen molar-refractivity contribution >= 4 is 5.69 Å². The molecule has 2 heterocycles. The van der Waals surface area contributed by atoms with Gasteiger partial charge in [-0.2, -0.15) is 0 Å². The van der Waals surface area contributed by atoms with Crippen LogP contribution in [0.25, 0.3) is 0 Å². The van der Waals surface area contributed by atoms with Crippen LogP contribution in [0.4, 0.5) is 5.69 Å². The summed E-state index contributed by atoms with van der Waals surface area (Å²) in [6, 6.07) is 4.51. The Kier molecular flexibility index (Phi) is 2.73. The molecule has 0 aromatic carbocycles. The van der Waals surface area contributed by atoms with Gasteiger partial charge < -0.3 is 0 Å². The third-order valence-electron chi connectivity index (χ3n) is 2.61. The van der Waals surface area contributed by atoms with Crippen LogP contribution in [-0.4, -0.2) is 11.0 Å². The fraction of sp³-hybridized carbons (Fsp3) is 0.417. The molecule has 1 aromatic heterocycles. The Hall–Kier alpha value is -1.35. The Morgan fingerprint density at radius 1 is 1.47 bits per heavy atom. The van der Waals surface area contributed by atoms with Crippen LogP contribution in [0.2, 0.25) is 0 Å². The predicted molar refractivity (Wildman–Crippen MR) is 62.4 cm³/mol. The molecule has 1 aliphatic heterocycles. The third kappa shape index (κ3) is 2.18. The molecule has 0 saturated carbocycles. The van der Waals surface area contributed by atoms with Gasteiger partial charge >= 0.3 is 0 Å². The fourth-order valence-corrected chi connectivity index (χ4v) is 1.64. The SMILES string of the molecule is Cc1cc(N2C=CC(C(C)C)N2)ccn1. The maximum absolute atomic E-state index is 4.19. The second-order valence-electron chi connectivity index (χ2n) is 4.27. The zero-order valence-corrected chi connectivity index (χ0v) is 9.44. The van der Waals surface area contributed by atoms with E-state index >= 15 is 0 Å². The van der Waals surface area contributed by atoms with Crippen LogP contribution in [0.3, 0.4) is 0 Å². The lowest BCUT2D eigenvalue weighted by atomic mass is 10.1. The first-order valence-corrected chi connectivity index (χ1v) is 5.33. The van der Waals surface area contributed by atoms with Crippen LogP contribution in [0.1, 0.15) is 19.5 Å². The summed E-state index contributed by atoms with van der Waals surface area (Å²) in [5.41, 5.74) is 5.61. The first-order valence-electron chi connectivity index (χ1n) is 5.33. The van der Waals surface area contributed by atoms with Crippen LogP contribution in [0, 0.1) is 12.8 Å². The average Bonchev–Trinajstić information content (AvgIpc) is 2.66. The second-order valence-corrected chi connectivity index (χ2v) is 4.27. The summed E-state index contributed by atoms with van der Waals surface area (Å²) in [4.78, 5) is 4.19. The quantitative estimate of drug-likeness (QED) is 0.799. The smallest absolute Gasteiger partial charge is 0.0604 e. The largest absolute Gasteiger partial charge is 0.284 e. The number of hydrogen-bond acceptors (Lipinski definition) is 3. The van der Waals surface area contributed by atoms with E-state index in [2.05, 4.69) is 47.6 Å². The van der Waals surface area contributed by atoms with Crippen molar-refractivity contribution in [2.45, 2.75) is 26.8 Å². The molecular weight excluding hydrogens is 186 g/mol. The van der Waals surface area contributed by atoms with Gasteiger partial charge in [-0.25, -0.2) is 5.43 Å². The Bertz CT molecular complexity index is 371. The average molecular weight is 203 g/mol. The predicted octanol–water partition coefficient (Wildman–Crippen LogP) is 2.25. The summed E-state index contributed by atoms with van der Waals surface area (Å²) in [6.07, 6.45) is 6.11. The lowest BCUT2D eigenvalue weighted by molar-refractivity contribution is 0.490. The summed E-state index contributed by atoms with van der Waals surface area (Å²) in [7, 11) is 0. The molecule has 1 N–H and O–H groups in total. The topological polar surface area (TPSA) is 28.2 Å². The van der Waals surface area contributed by atoms with Crippen LogP contribution in [0.5, 0.6) is 0 Å². The monoisotopic (exact) mass is 203 g/mol. The number of anilines is 1. The van der Waals surface area contributed by atoms with E-state index in [4.69, 9.17) is 0 Å². The number of aryl methyl sites for hydroxylation is 1. The first kappa shape index (κ1) is 10.2. The Labute approximate surface area is 90.8 Å². The van der Waals surface area contributed by atoms with Crippen molar-refractivity contribution in [2.75, 3.05) is 5.01 Å². The van der Waals surface area contributed by atoms with E-state index in [-0.39, 0.29) is 0 Å². The fourth-order valence-electron chi connectivity index (χ4n) is 1.64. The van der Waals surface area contributed by atoms with E-state index in [0.717, 1.165) is 11.4 Å². The van der Waals surface area contributed by atoms with Gasteiger partial charge in [-0.05, 0) is 31.1 Å². The maximum Gasteiger partial charge on any atom is 0.0604 e. The highest BCUT2D eigenvalue weighted by atomic mass is 15.5. The van der Waals surface area contributed by atoms with Crippen molar-refractivity contribution in [2.24, 2.45) is 5.92 Å². The van der Waals surface area contributed by atoms with Crippen molar-refractivity contribution < 1.29 is 0 Å². The summed E-state index contributed by atoms with van der Waals surface area (Å²) in [5.74, 6) is 0.606. The molecule has 2 rings (SSSR count). The normalized spacial score (nSPS) is 20.3. The molecule has 3 nitrogen and oxygen atoms in total.